The second-order valence-corrected chi connectivity index (χ2v) is 7.02. The van der Waals surface area contributed by atoms with Crippen LogP contribution in [0.4, 0.5) is 4.79 Å². The van der Waals surface area contributed by atoms with Crippen molar-refractivity contribution in [1.82, 2.24) is 20.9 Å². The zero-order chi connectivity index (χ0) is 19.6. The first-order chi connectivity index (χ1) is 13.0. The highest BCUT2D eigenvalue weighted by Crippen LogP contribution is 2.27. The van der Waals surface area contributed by atoms with Gasteiger partial charge in [-0.3, -0.25) is 9.78 Å². The van der Waals surface area contributed by atoms with Crippen LogP contribution in [0.15, 0.2) is 36.7 Å². The van der Waals surface area contributed by atoms with E-state index in [0.29, 0.717) is 31.1 Å². The van der Waals surface area contributed by atoms with Crippen LogP contribution in [0.3, 0.4) is 0 Å². The van der Waals surface area contributed by atoms with E-state index < -0.39 is 6.09 Å². The zero-order valence-corrected chi connectivity index (χ0v) is 16.2. The number of amides is 2. The number of pyridine rings is 1. The molecule has 0 aliphatic heterocycles. The van der Waals surface area contributed by atoms with Crippen LogP contribution in [-0.2, 0) is 16.0 Å². The molecule has 0 radical (unpaired) electrons. The molecule has 1 aliphatic rings. The third-order valence-corrected chi connectivity index (χ3v) is 4.37. The van der Waals surface area contributed by atoms with Gasteiger partial charge in [0.2, 0.25) is 5.91 Å². The van der Waals surface area contributed by atoms with Crippen LogP contribution in [-0.4, -0.2) is 42.2 Å². The number of allylic oxidation sites excluding steroid dienone is 1. The van der Waals surface area contributed by atoms with Gasteiger partial charge in [0.05, 0.1) is 17.8 Å². The monoisotopic (exact) mass is 374 g/mol. The normalized spacial score (nSPS) is 15.5. The van der Waals surface area contributed by atoms with Crippen molar-refractivity contribution in [2.24, 2.45) is 5.92 Å². The molecule has 2 rings (SSSR count). The molecule has 3 N–H and O–H groups in total. The molecule has 0 bridgehead atoms. The van der Waals surface area contributed by atoms with Crippen LogP contribution in [0.25, 0.3) is 0 Å². The number of alkyl carbamates (subject to hydrolysis) is 1. The summed E-state index contributed by atoms with van der Waals surface area (Å²) in [7, 11) is 0. The average molecular weight is 374 g/mol. The first-order valence-corrected chi connectivity index (χ1v) is 9.52. The fraction of sp³-hybridized carbons (Fsp3) is 0.550. The molecule has 7 nitrogen and oxygen atoms in total. The molecule has 7 heteroatoms. The molecule has 27 heavy (non-hydrogen) atoms. The van der Waals surface area contributed by atoms with Crippen LogP contribution in [0, 0.1) is 5.92 Å². The van der Waals surface area contributed by atoms with Gasteiger partial charge < -0.3 is 20.7 Å². The maximum absolute atomic E-state index is 12.3. The summed E-state index contributed by atoms with van der Waals surface area (Å²) in [4.78, 5) is 28.6. The molecule has 1 aromatic rings. The van der Waals surface area contributed by atoms with Gasteiger partial charge in [-0.1, -0.05) is 19.6 Å². The summed E-state index contributed by atoms with van der Waals surface area (Å²) in [6, 6.07) is 5.08. The van der Waals surface area contributed by atoms with E-state index in [0.717, 1.165) is 12.2 Å². The molecule has 0 saturated heterocycles. The third kappa shape index (κ3) is 8.21. The Morgan fingerprint density at radius 3 is 2.74 bits per heavy atom. The molecular weight excluding hydrogens is 344 g/mol. The summed E-state index contributed by atoms with van der Waals surface area (Å²) in [6.07, 6.45) is 4.75. The molecule has 0 spiro atoms. The molecule has 1 aliphatic carbocycles. The highest BCUT2D eigenvalue weighted by atomic mass is 16.6. The Labute approximate surface area is 161 Å². The van der Waals surface area contributed by atoms with E-state index in [4.69, 9.17) is 4.74 Å². The predicted octanol–water partition coefficient (Wildman–Crippen LogP) is 2.15. The molecule has 1 saturated carbocycles. The van der Waals surface area contributed by atoms with Crippen molar-refractivity contribution in [1.29, 1.82) is 0 Å². The molecule has 2 amide bonds. The lowest BCUT2D eigenvalue weighted by Gasteiger charge is -2.22. The van der Waals surface area contributed by atoms with E-state index in [9.17, 15) is 9.59 Å². The Morgan fingerprint density at radius 1 is 1.37 bits per heavy atom. The van der Waals surface area contributed by atoms with Crippen molar-refractivity contribution in [2.45, 2.75) is 51.6 Å². The predicted molar refractivity (Wildman–Crippen MR) is 104 cm³/mol. The van der Waals surface area contributed by atoms with Crippen molar-refractivity contribution in [2.75, 3.05) is 13.1 Å². The van der Waals surface area contributed by atoms with Crippen molar-refractivity contribution < 1.29 is 14.3 Å². The van der Waals surface area contributed by atoms with Crippen LogP contribution in [0.2, 0.25) is 0 Å². The first kappa shape index (κ1) is 20.9. The topological polar surface area (TPSA) is 92.4 Å². The summed E-state index contributed by atoms with van der Waals surface area (Å²) in [5.74, 6) is 0.968. The highest BCUT2D eigenvalue weighted by molar-refractivity contribution is 5.81. The highest BCUT2D eigenvalue weighted by Gasteiger charge is 2.24. The quantitative estimate of drug-likeness (QED) is 0.516. The van der Waals surface area contributed by atoms with E-state index in [2.05, 4.69) is 27.5 Å². The fourth-order valence-corrected chi connectivity index (χ4v) is 2.70. The smallest absolute Gasteiger partial charge is 0.412 e. The Hall–Kier alpha value is -2.41. The second kappa shape index (κ2) is 10.7. The minimum absolute atomic E-state index is 0.00509. The molecule has 0 unspecified atom stereocenters. The molecule has 2 atom stereocenters. The summed E-state index contributed by atoms with van der Waals surface area (Å²) in [5, 5.41) is 9.08. The number of ether oxygens (including phenoxy) is 1. The van der Waals surface area contributed by atoms with E-state index >= 15 is 0 Å². The lowest BCUT2D eigenvalue weighted by Crippen LogP contribution is -2.50. The van der Waals surface area contributed by atoms with Gasteiger partial charge >= 0.3 is 6.09 Å². The number of carbonyl (C=O) groups is 2. The van der Waals surface area contributed by atoms with Gasteiger partial charge in [-0.15, -0.1) is 0 Å². The number of carbonyl (C=O) groups excluding carboxylic acids is 2. The number of rotatable bonds is 11. The van der Waals surface area contributed by atoms with Crippen molar-refractivity contribution in [3.63, 3.8) is 0 Å². The van der Waals surface area contributed by atoms with Crippen molar-refractivity contribution in [3.05, 3.63) is 42.4 Å². The minimum Gasteiger partial charge on any atom is -0.416 e. The first-order valence-electron chi connectivity index (χ1n) is 9.52. The summed E-state index contributed by atoms with van der Waals surface area (Å²) in [5.41, 5.74) is 0.853. The number of hydrogen-bond donors (Lipinski definition) is 3. The number of nitrogens with one attached hydrogen (secondary N) is 3. The summed E-state index contributed by atoms with van der Waals surface area (Å²) >= 11 is 0. The molecule has 1 aromatic heterocycles. The number of hydrogen-bond acceptors (Lipinski definition) is 5. The summed E-state index contributed by atoms with van der Waals surface area (Å²) < 4.78 is 5.00. The van der Waals surface area contributed by atoms with Gasteiger partial charge in [-0.25, -0.2) is 4.79 Å². The molecule has 148 valence electrons. The SMILES string of the molecule is C=C(C)OC(=O)N[C@H](CN[C@@H](CC)C(=O)NCC1CC1)Cc1ccccn1. The van der Waals surface area contributed by atoms with Gasteiger partial charge in [0.25, 0.3) is 0 Å². The van der Waals surface area contributed by atoms with Crippen molar-refractivity contribution in [3.8, 4) is 0 Å². The molecule has 1 fully saturated rings. The van der Waals surface area contributed by atoms with E-state index in [1.165, 1.54) is 12.8 Å². The minimum atomic E-state index is -0.559. The zero-order valence-electron chi connectivity index (χ0n) is 16.2. The lowest BCUT2D eigenvalue weighted by atomic mass is 10.1. The number of aromatic nitrogens is 1. The standard InChI is InChI=1S/C20H30N4O3/c1-4-18(19(25)23-12-15-8-9-15)22-13-17(24-20(26)27-14(2)3)11-16-7-5-6-10-21-16/h5-7,10,15,17-18,22H,2,4,8-9,11-13H2,1,3H3,(H,23,25)(H,24,26)/t17-,18-/m0/s1. The van der Waals surface area contributed by atoms with E-state index in [-0.39, 0.29) is 18.0 Å². The molecule has 1 heterocycles. The Balaban J connectivity index is 1.90. The largest absolute Gasteiger partial charge is 0.416 e. The lowest BCUT2D eigenvalue weighted by molar-refractivity contribution is -0.123. The Bertz CT molecular complexity index is 631. The van der Waals surface area contributed by atoms with E-state index in [1.807, 2.05) is 25.1 Å². The Morgan fingerprint density at radius 2 is 2.15 bits per heavy atom. The average Bonchev–Trinajstić information content (AvgIpc) is 3.45. The van der Waals surface area contributed by atoms with Gasteiger partial charge in [0.1, 0.15) is 0 Å². The molecule has 0 aromatic carbocycles. The van der Waals surface area contributed by atoms with Crippen molar-refractivity contribution >= 4 is 12.0 Å². The molecular formula is C20H30N4O3. The van der Waals surface area contributed by atoms with E-state index in [1.54, 1.807) is 13.1 Å². The van der Waals surface area contributed by atoms with Crippen LogP contribution >= 0.6 is 0 Å². The second-order valence-electron chi connectivity index (χ2n) is 7.02. The Kier molecular flexibility index (Phi) is 8.26. The van der Waals surface area contributed by atoms with Gasteiger partial charge in [-0.2, -0.15) is 0 Å². The van der Waals surface area contributed by atoms with Gasteiger partial charge in [-0.05, 0) is 44.2 Å². The van der Waals surface area contributed by atoms with Crippen LogP contribution < -0.4 is 16.0 Å². The van der Waals surface area contributed by atoms with Crippen LogP contribution in [0.5, 0.6) is 0 Å². The van der Waals surface area contributed by atoms with Gasteiger partial charge in [0, 0.05) is 31.4 Å². The third-order valence-electron chi connectivity index (χ3n) is 4.37. The van der Waals surface area contributed by atoms with Gasteiger partial charge in [0.15, 0.2) is 0 Å². The maximum atomic E-state index is 12.3. The van der Waals surface area contributed by atoms with Crippen LogP contribution in [0.1, 0.15) is 38.8 Å². The fourth-order valence-electron chi connectivity index (χ4n) is 2.70. The maximum Gasteiger partial charge on any atom is 0.412 e. The number of nitrogens with zero attached hydrogens (tertiary/aromatic N) is 1. The summed E-state index contributed by atoms with van der Waals surface area (Å²) in [6.45, 7) is 8.33.